The van der Waals surface area contributed by atoms with Crippen molar-refractivity contribution in [2.24, 2.45) is 0 Å². The van der Waals surface area contributed by atoms with Crippen molar-refractivity contribution in [1.29, 1.82) is 0 Å². The molecule has 0 atom stereocenters. The third kappa shape index (κ3) is 1.47. The Bertz CT molecular complexity index is 629. The first-order chi connectivity index (χ1) is 8.15. The van der Waals surface area contributed by atoms with Gasteiger partial charge in [-0.05, 0) is 52.9 Å². The number of carboxylic acid groups (broad SMARTS) is 1. The Balaban J connectivity index is 2.15. The monoisotopic (exact) mass is 226 g/mol. The van der Waals surface area contributed by atoms with E-state index < -0.39 is 5.97 Å². The van der Waals surface area contributed by atoms with Crippen molar-refractivity contribution >= 4 is 5.97 Å². The van der Waals surface area contributed by atoms with E-state index in [1.54, 1.807) is 24.3 Å². The van der Waals surface area contributed by atoms with Crippen LogP contribution >= 0.6 is 0 Å². The number of aromatic carboxylic acids is 1. The SMILES string of the molecule is O=C(O)c1ccc2c(c1)Cc1cc(O)ccc1-2. The molecule has 3 nitrogen and oxygen atoms in total. The minimum atomic E-state index is -0.911. The maximum absolute atomic E-state index is 10.9. The van der Waals surface area contributed by atoms with Crippen LogP contribution in [0, 0.1) is 0 Å². The highest BCUT2D eigenvalue weighted by molar-refractivity contribution is 5.90. The summed E-state index contributed by atoms with van der Waals surface area (Å²) in [6.45, 7) is 0. The molecule has 0 amide bonds. The molecular weight excluding hydrogens is 216 g/mol. The van der Waals surface area contributed by atoms with Crippen molar-refractivity contribution in [2.75, 3.05) is 0 Å². The van der Waals surface area contributed by atoms with Crippen molar-refractivity contribution in [3.63, 3.8) is 0 Å². The zero-order chi connectivity index (χ0) is 12.0. The quantitative estimate of drug-likeness (QED) is 0.670. The number of aromatic hydroxyl groups is 1. The van der Waals surface area contributed by atoms with Gasteiger partial charge in [-0.25, -0.2) is 4.79 Å². The van der Waals surface area contributed by atoms with Gasteiger partial charge in [-0.15, -0.1) is 0 Å². The van der Waals surface area contributed by atoms with Crippen LogP contribution in [0.5, 0.6) is 5.75 Å². The lowest BCUT2D eigenvalue weighted by atomic mass is 10.0. The normalized spacial score (nSPS) is 12.0. The third-order valence-electron chi connectivity index (χ3n) is 3.11. The molecule has 0 unspecified atom stereocenters. The van der Waals surface area contributed by atoms with E-state index in [1.165, 1.54) is 0 Å². The largest absolute Gasteiger partial charge is 0.508 e. The Kier molecular flexibility index (Phi) is 1.95. The molecule has 0 radical (unpaired) electrons. The highest BCUT2D eigenvalue weighted by atomic mass is 16.4. The number of hydrogen-bond donors (Lipinski definition) is 2. The first-order valence-electron chi connectivity index (χ1n) is 5.33. The van der Waals surface area contributed by atoms with Gasteiger partial charge < -0.3 is 10.2 Å². The summed E-state index contributed by atoms with van der Waals surface area (Å²) in [4.78, 5) is 10.9. The molecule has 0 heterocycles. The zero-order valence-corrected chi connectivity index (χ0v) is 8.97. The Morgan fingerprint density at radius 1 is 1.00 bits per heavy atom. The lowest BCUT2D eigenvalue weighted by Crippen LogP contribution is -1.96. The lowest BCUT2D eigenvalue weighted by molar-refractivity contribution is 0.0697. The Labute approximate surface area is 98.0 Å². The zero-order valence-electron chi connectivity index (χ0n) is 8.97. The van der Waals surface area contributed by atoms with Crippen LogP contribution in [0.25, 0.3) is 11.1 Å². The fraction of sp³-hybridized carbons (Fsp3) is 0.0714. The molecule has 0 aromatic heterocycles. The number of carboxylic acids is 1. The molecule has 2 aromatic carbocycles. The van der Waals surface area contributed by atoms with Crippen molar-refractivity contribution in [2.45, 2.75) is 6.42 Å². The molecule has 2 N–H and O–H groups in total. The standard InChI is InChI=1S/C14H10O3/c15-11-2-4-13-10(7-11)6-9-5-8(14(16)17)1-3-12(9)13/h1-5,7,15H,6H2,(H,16,17). The second kappa shape index (κ2) is 3.35. The second-order valence-corrected chi connectivity index (χ2v) is 4.20. The van der Waals surface area contributed by atoms with Gasteiger partial charge in [0.1, 0.15) is 5.75 Å². The van der Waals surface area contributed by atoms with E-state index in [0.717, 1.165) is 22.3 Å². The average molecular weight is 226 g/mol. The van der Waals surface area contributed by atoms with Crippen molar-refractivity contribution < 1.29 is 15.0 Å². The van der Waals surface area contributed by atoms with E-state index in [0.29, 0.717) is 12.0 Å². The number of phenols is 1. The predicted molar refractivity (Wildman–Crippen MR) is 63.3 cm³/mol. The van der Waals surface area contributed by atoms with Crippen LogP contribution in [-0.2, 0) is 6.42 Å². The van der Waals surface area contributed by atoms with Crippen LogP contribution < -0.4 is 0 Å². The molecule has 0 fully saturated rings. The average Bonchev–Trinajstić information content (AvgIpc) is 2.64. The fourth-order valence-corrected chi connectivity index (χ4v) is 2.33. The third-order valence-corrected chi connectivity index (χ3v) is 3.11. The van der Waals surface area contributed by atoms with E-state index >= 15 is 0 Å². The number of rotatable bonds is 1. The summed E-state index contributed by atoms with van der Waals surface area (Å²) in [5.41, 5.74) is 4.49. The molecule has 1 aliphatic rings. The minimum absolute atomic E-state index is 0.245. The smallest absolute Gasteiger partial charge is 0.335 e. The van der Waals surface area contributed by atoms with Gasteiger partial charge in [-0.3, -0.25) is 0 Å². The van der Waals surface area contributed by atoms with Crippen LogP contribution in [0.1, 0.15) is 21.5 Å². The lowest BCUT2D eigenvalue weighted by Gasteiger charge is -2.02. The molecule has 0 aliphatic heterocycles. The summed E-state index contributed by atoms with van der Waals surface area (Å²) >= 11 is 0. The van der Waals surface area contributed by atoms with Crippen LogP contribution in [0.15, 0.2) is 36.4 Å². The molecular formula is C14H10O3. The first-order valence-corrected chi connectivity index (χ1v) is 5.33. The highest BCUT2D eigenvalue weighted by Crippen LogP contribution is 2.38. The molecule has 0 spiro atoms. The van der Waals surface area contributed by atoms with E-state index in [-0.39, 0.29) is 5.75 Å². The number of hydrogen-bond acceptors (Lipinski definition) is 2. The Morgan fingerprint density at radius 2 is 1.65 bits per heavy atom. The summed E-state index contributed by atoms with van der Waals surface area (Å²) in [5, 5.41) is 18.4. The molecule has 2 aromatic rings. The van der Waals surface area contributed by atoms with Gasteiger partial charge in [0.05, 0.1) is 5.56 Å². The van der Waals surface area contributed by atoms with E-state index in [4.69, 9.17) is 5.11 Å². The van der Waals surface area contributed by atoms with Gasteiger partial charge in [0.25, 0.3) is 0 Å². The summed E-state index contributed by atoms with van der Waals surface area (Å²) in [7, 11) is 0. The number of phenolic OH excluding ortho intramolecular Hbond substituents is 1. The van der Waals surface area contributed by atoms with E-state index in [2.05, 4.69) is 0 Å². The molecule has 3 heteroatoms. The molecule has 1 aliphatic carbocycles. The Hall–Kier alpha value is -2.29. The van der Waals surface area contributed by atoms with Gasteiger partial charge in [-0.1, -0.05) is 12.1 Å². The maximum atomic E-state index is 10.9. The van der Waals surface area contributed by atoms with Gasteiger partial charge in [0.15, 0.2) is 0 Å². The summed E-state index contributed by atoms with van der Waals surface area (Å²) < 4.78 is 0. The van der Waals surface area contributed by atoms with Gasteiger partial charge >= 0.3 is 5.97 Å². The summed E-state index contributed by atoms with van der Waals surface area (Å²) in [6.07, 6.45) is 0.681. The topological polar surface area (TPSA) is 57.5 Å². The highest BCUT2D eigenvalue weighted by Gasteiger charge is 2.19. The van der Waals surface area contributed by atoms with Crippen molar-refractivity contribution in [3.05, 3.63) is 53.1 Å². The predicted octanol–water partition coefficient (Wildman–Crippen LogP) is 2.66. The van der Waals surface area contributed by atoms with Crippen LogP contribution in [-0.4, -0.2) is 16.2 Å². The van der Waals surface area contributed by atoms with Crippen LogP contribution in [0.2, 0.25) is 0 Å². The van der Waals surface area contributed by atoms with E-state index in [9.17, 15) is 9.90 Å². The van der Waals surface area contributed by atoms with Gasteiger partial charge in [0.2, 0.25) is 0 Å². The number of benzene rings is 2. The fourth-order valence-electron chi connectivity index (χ4n) is 2.33. The number of fused-ring (bicyclic) bond motifs is 3. The van der Waals surface area contributed by atoms with Crippen LogP contribution in [0.4, 0.5) is 0 Å². The molecule has 84 valence electrons. The summed E-state index contributed by atoms with van der Waals surface area (Å²) in [6, 6.07) is 10.4. The molecule has 0 bridgehead atoms. The first kappa shape index (κ1) is 9.90. The van der Waals surface area contributed by atoms with Crippen molar-refractivity contribution in [3.8, 4) is 16.9 Å². The van der Waals surface area contributed by atoms with Gasteiger partial charge in [0, 0.05) is 0 Å². The molecule has 0 saturated carbocycles. The Morgan fingerprint density at radius 3 is 2.35 bits per heavy atom. The van der Waals surface area contributed by atoms with E-state index in [1.807, 2.05) is 12.1 Å². The van der Waals surface area contributed by atoms with Gasteiger partial charge in [-0.2, -0.15) is 0 Å². The molecule has 17 heavy (non-hydrogen) atoms. The number of carbonyl (C=O) groups is 1. The molecule has 3 rings (SSSR count). The molecule has 0 saturated heterocycles. The maximum Gasteiger partial charge on any atom is 0.335 e. The van der Waals surface area contributed by atoms with Crippen LogP contribution in [0.3, 0.4) is 0 Å². The summed E-state index contributed by atoms with van der Waals surface area (Å²) in [5.74, 6) is -0.665. The van der Waals surface area contributed by atoms with Crippen molar-refractivity contribution in [1.82, 2.24) is 0 Å². The minimum Gasteiger partial charge on any atom is -0.508 e. The second-order valence-electron chi connectivity index (χ2n) is 4.20.